The SMILES string of the molecule is CCC([C@@H](C)N)C(C)(C)CC. The van der Waals surface area contributed by atoms with Crippen molar-refractivity contribution < 1.29 is 0 Å². The number of hydrogen-bond donors (Lipinski definition) is 1. The molecular weight excluding hydrogens is 134 g/mol. The molecule has 0 aliphatic heterocycles. The Bertz CT molecular complexity index is 105. The fraction of sp³-hybridized carbons (Fsp3) is 1.00. The van der Waals surface area contributed by atoms with Crippen LogP contribution in [-0.4, -0.2) is 6.04 Å². The van der Waals surface area contributed by atoms with Crippen LogP contribution in [0, 0.1) is 11.3 Å². The second-order valence-electron chi connectivity index (χ2n) is 4.22. The van der Waals surface area contributed by atoms with Crippen LogP contribution in [-0.2, 0) is 0 Å². The van der Waals surface area contributed by atoms with Crippen LogP contribution in [0.5, 0.6) is 0 Å². The highest BCUT2D eigenvalue weighted by molar-refractivity contribution is 4.81. The number of hydrogen-bond acceptors (Lipinski definition) is 1. The predicted octanol–water partition coefficient (Wildman–Crippen LogP) is 2.80. The average molecular weight is 157 g/mol. The summed E-state index contributed by atoms with van der Waals surface area (Å²) in [5.41, 5.74) is 6.31. The van der Waals surface area contributed by atoms with Gasteiger partial charge in [-0.3, -0.25) is 0 Å². The molecule has 0 saturated carbocycles. The Morgan fingerprint density at radius 3 is 1.82 bits per heavy atom. The van der Waals surface area contributed by atoms with Crippen molar-refractivity contribution in [3.05, 3.63) is 0 Å². The number of rotatable bonds is 4. The van der Waals surface area contributed by atoms with Gasteiger partial charge in [0, 0.05) is 6.04 Å². The van der Waals surface area contributed by atoms with Crippen LogP contribution in [0.1, 0.15) is 47.5 Å². The second kappa shape index (κ2) is 4.10. The first-order chi connectivity index (χ1) is 4.95. The molecule has 0 rings (SSSR count). The Kier molecular flexibility index (Phi) is 4.09. The molecule has 0 aromatic rings. The van der Waals surface area contributed by atoms with E-state index in [2.05, 4.69) is 34.6 Å². The Morgan fingerprint density at radius 2 is 1.73 bits per heavy atom. The first-order valence-corrected chi connectivity index (χ1v) is 4.71. The van der Waals surface area contributed by atoms with Crippen molar-refractivity contribution >= 4 is 0 Å². The van der Waals surface area contributed by atoms with Crippen LogP contribution < -0.4 is 5.73 Å². The zero-order valence-electron chi connectivity index (χ0n) is 8.65. The zero-order chi connectivity index (χ0) is 9.07. The summed E-state index contributed by atoms with van der Waals surface area (Å²) in [6.07, 6.45) is 2.41. The third-order valence-corrected chi connectivity index (χ3v) is 2.99. The van der Waals surface area contributed by atoms with Gasteiger partial charge in [-0.25, -0.2) is 0 Å². The molecule has 0 aromatic carbocycles. The summed E-state index contributed by atoms with van der Waals surface area (Å²) in [4.78, 5) is 0. The highest BCUT2D eigenvalue weighted by Gasteiger charge is 2.28. The molecular formula is C10H23N. The van der Waals surface area contributed by atoms with E-state index in [4.69, 9.17) is 5.73 Å². The van der Waals surface area contributed by atoms with E-state index in [-0.39, 0.29) is 0 Å². The lowest BCUT2D eigenvalue weighted by Gasteiger charge is -2.35. The Labute approximate surface area is 71.4 Å². The van der Waals surface area contributed by atoms with Crippen LogP contribution in [0.15, 0.2) is 0 Å². The first-order valence-electron chi connectivity index (χ1n) is 4.71. The van der Waals surface area contributed by atoms with E-state index in [1.807, 2.05) is 0 Å². The molecule has 1 nitrogen and oxygen atoms in total. The van der Waals surface area contributed by atoms with E-state index in [0.29, 0.717) is 17.4 Å². The third kappa shape index (κ3) is 2.82. The van der Waals surface area contributed by atoms with Crippen LogP contribution in [0.4, 0.5) is 0 Å². The molecule has 1 unspecified atom stereocenters. The zero-order valence-corrected chi connectivity index (χ0v) is 8.65. The van der Waals surface area contributed by atoms with E-state index in [1.165, 1.54) is 12.8 Å². The molecule has 0 aliphatic carbocycles. The molecule has 0 fully saturated rings. The molecule has 0 heterocycles. The Morgan fingerprint density at radius 1 is 1.27 bits per heavy atom. The van der Waals surface area contributed by atoms with E-state index in [1.54, 1.807) is 0 Å². The molecule has 0 aromatic heterocycles. The lowest BCUT2D eigenvalue weighted by atomic mass is 9.72. The van der Waals surface area contributed by atoms with Crippen molar-refractivity contribution in [2.45, 2.75) is 53.5 Å². The standard InChI is InChI=1S/C10H23N/c1-6-9(8(3)11)10(4,5)7-2/h8-9H,6-7,11H2,1-5H3/t8-,9?/m1/s1. The van der Waals surface area contributed by atoms with E-state index < -0.39 is 0 Å². The normalized spacial score (nSPS) is 18.0. The van der Waals surface area contributed by atoms with Crippen LogP contribution in [0.2, 0.25) is 0 Å². The maximum Gasteiger partial charge on any atom is 0.00437 e. The molecule has 0 spiro atoms. The molecule has 0 amide bonds. The molecule has 0 radical (unpaired) electrons. The van der Waals surface area contributed by atoms with Gasteiger partial charge in [-0.05, 0) is 18.3 Å². The van der Waals surface area contributed by atoms with Gasteiger partial charge in [-0.1, -0.05) is 40.5 Å². The first kappa shape index (κ1) is 11.0. The van der Waals surface area contributed by atoms with Gasteiger partial charge < -0.3 is 5.73 Å². The molecule has 11 heavy (non-hydrogen) atoms. The molecule has 0 aliphatic rings. The van der Waals surface area contributed by atoms with Gasteiger partial charge in [0.05, 0.1) is 0 Å². The van der Waals surface area contributed by atoms with Crippen molar-refractivity contribution in [1.82, 2.24) is 0 Å². The largest absolute Gasteiger partial charge is 0.328 e. The summed E-state index contributed by atoms with van der Waals surface area (Å²) in [5, 5.41) is 0. The van der Waals surface area contributed by atoms with Gasteiger partial charge in [0.1, 0.15) is 0 Å². The Balaban J connectivity index is 4.23. The fourth-order valence-corrected chi connectivity index (χ4v) is 1.90. The average Bonchev–Trinajstić information content (AvgIpc) is 1.88. The second-order valence-corrected chi connectivity index (χ2v) is 4.22. The summed E-state index contributed by atoms with van der Waals surface area (Å²) in [6, 6.07) is 0.329. The van der Waals surface area contributed by atoms with Gasteiger partial charge in [-0.15, -0.1) is 0 Å². The summed E-state index contributed by atoms with van der Waals surface area (Å²) in [7, 11) is 0. The van der Waals surface area contributed by atoms with E-state index >= 15 is 0 Å². The minimum Gasteiger partial charge on any atom is -0.328 e. The van der Waals surface area contributed by atoms with Crippen molar-refractivity contribution in [1.29, 1.82) is 0 Å². The summed E-state index contributed by atoms with van der Waals surface area (Å²) in [6.45, 7) is 11.2. The van der Waals surface area contributed by atoms with Crippen molar-refractivity contribution in [2.24, 2.45) is 17.1 Å². The Hall–Kier alpha value is -0.0400. The third-order valence-electron chi connectivity index (χ3n) is 2.99. The van der Waals surface area contributed by atoms with Crippen molar-refractivity contribution in [3.8, 4) is 0 Å². The maximum atomic E-state index is 5.91. The monoisotopic (exact) mass is 157 g/mol. The van der Waals surface area contributed by atoms with Crippen LogP contribution >= 0.6 is 0 Å². The smallest absolute Gasteiger partial charge is 0.00437 e. The van der Waals surface area contributed by atoms with E-state index in [9.17, 15) is 0 Å². The molecule has 2 N–H and O–H groups in total. The summed E-state index contributed by atoms with van der Waals surface area (Å²) in [5.74, 6) is 0.660. The van der Waals surface area contributed by atoms with Crippen LogP contribution in [0.3, 0.4) is 0 Å². The topological polar surface area (TPSA) is 26.0 Å². The predicted molar refractivity (Wildman–Crippen MR) is 51.5 cm³/mol. The quantitative estimate of drug-likeness (QED) is 0.667. The van der Waals surface area contributed by atoms with Crippen LogP contribution in [0.25, 0.3) is 0 Å². The lowest BCUT2D eigenvalue weighted by molar-refractivity contribution is 0.171. The minimum absolute atomic E-state index is 0.329. The lowest BCUT2D eigenvalue weighted by Crippen LogP contribution is -2.36. The molecule has 0 saturated heterocycles. The van der Waals surface area contributed by atoms with Gasteiger partial charge in [0.15, 0.2) is 0 Å². The van der Waals surface area contributed by atoms with Gasteiger partial charge in [0.25, 0.3) is 0 Å². The van der Waals surface area contributed by atoms with Crippen molar-refractivity contribution in [3.63, 3.8) is 0 Å². The fourth-order valence-electron chi connectivity index (χ4n) is 1.90. The molecule has 2 atom stereocenters. The summed E-state index contributed by atoms with van der Waals surface area (Å²) < 4.78 is 0. The molecule has 68 valence electrons. The van der Waals surface area contributed by atoms with Gasteiger partial charge in [0.2, 0.25) is 0 Å². The van der Waals surface area contributed by atoms with Crippen molar-refractivity contribution in [2.75, 3.05) is 0 Å². The maximum absolute atomic E-state index is 5.91. The van der Waals surface area contributed by atoms with E-state index in [0.717, 1.165) is 0 Å². The van der Waals surface area contributed by atoms with Gasteiger partial charge >= 0.3 is 0 Å². The highest BCUT2D eigenvalue weighted by atomic mass is 14.6. The molecule has 0 bridgehead atoms. The molecule has 1 heteroatoms. The number of nitrogens with two attached hydrogens (primary N) is 1. The van der Waals surface area contributed by atoms with Gasteiger partial charge in [-0.2, -0.15) is 0 Å². The highest BCUT2D eigenvalue weighted by Crippen LogP contribution is 2.34. The minimum atomic E-state index is 0.329. The summed E-state index contributed by atoms with van der Waals surface area (Å²) >= 11 is 0.